The predicted molar refractivity (Wildman–Crippen MR) is 83.0 cm³/mol. The number of ether oxygens (including phenoxy) is 1. The third-order valence-corrected chi connectivity index (χ3v) is 4.24. The average Bonchev–Trinajstić information content (AvgIpc) is 3.24. The third-order valence-electron chi connectivity index (χ3n) is 4.24. The minimum Gasteiger partial charge on any atom is -0.479 e. The highest BCUT2D eigenvalue weighted by atomic mass is 16.5. The van der Waals surface area contributed by atoms with E-state index in [0.717, 1.165) is 30.9 Å². The molecule has 0 aromatic carbocycles. The average molecular weight is 318 g/mol. The SMILES string of the molecule is COc1cc(CCC(=O)N2CCC[C@@H]2c2nc(C)cn2C)on1. The first-order valence-corrected chi connectivity index (χ1v) is 7.87. The van der Waals surface area contributed by atoms with E-state index in [4.69, 9.17) is 9.26 Å². The Morgan fingerprint density at radius 2 is 2.35 bits per heavy atom. The Kier molecular flexibility index (Phi) is 4.36. The van der Waals surface area contributed by atoms with Crippen LogP contribution in [0.4, 0.5) is 0 Å². The highest BCUT2D eigenvalue weighted by molar-refractivity contribution is 5.77. The summed E-state index contributed by atoms with van der Waals surface area (Å²) in [6, 6.07) is 1.79. The standard InChI is InChI=1S/C16H22N4O3/c1-11-10-19(2)16(17-11)13-5-4-8-20(13)15(21)7-6-12-9-14(22-3)18-23-12/h9-10,13H,4-8H2,1-3H3/t13-/m1/s1. The van der Waals surface area contributed by atoms with Crippen molar-refractivity contribution in [3.05, 3.63) is 29.5 Å². The zero-order chi connectivity index (χ0) is 16.4. The fraction of sp³-hybridized carbons (Fsp3) is 0.562. The molecule has 7 heteroatoms. The number of carbonyl (C=O) groups is 1. The fourth-order valence-corrected chi connectivity index (χ4v) is 3.16. The van der Waals surface area contributed by atoms with Crippen molar-refractivity contribution in [2.45, 2.75) is 38.6 Å². The van der Waals surface area contributed by atoms with Gasteiger partial charge < -0.3 is 18.7 Å². The maximum Gasteiger partial charge on any atom is 0.254 e. The molecule has 1 aliphatic rings. The second-order valence-electron chi connectivity index (χ2n) is 5.93. The molecule has 3 heterocycles. The van der Waals surface area contributed by atoms with Gasteiger partial charge in [-0.3, -0.25) is 4.79 Å². The van der Waals surface area contributed by atoms with Gasteiger partial charge in [-0.25, -0.2) is 4.98 Å². The molecule has 0 spiro atoms. The third kappa shape index (κ3) is 3.23. The van der Waals surface area contributed by atoms with E-state index in [1.54, 1.807) is 6.07 Å². The van der Waals surface area contributed by atoms with E-state index in [0.29, 0.717) is 24.5 Å². The number of aromatic nitrogens is 3. The van der Waals surface area contributed by atoms with E-state index in [-0.39, 0.29) is 11.9 Å². The lowest BCUT2D eigenvalue weighted by Gasteiger charge is -2.24. The van der Waals surface area contributed by atoms with Gasteiger partial charge in [-0.05, 0) is 24.9 Å². The number of carbonyl (C=O) groups excluding carboxylic acids is 1. The summed E-state index contributed by atoms with van der Waals surface area (Å²) in [6.07, 6.45) is 4.90. The van der Waals surface area contributed by atoms with E-state index in [9.17, 15) is 4.79 Å². The molecule has 2 aromatic heterocycles. The molecule has 1 atom stereocenters. The molecule has 124 valence electrons. The smallest absolute Gasteiger partial charge is 0.254 e. The van der Waals surface area contributed by atoms with Gasteiger partial charge in [-0.1, -0.05) is 0 Å². The molecule has 23 heavy (non-hydrogen) atoms. The van der Waals surface area contributed by atoms with Crippen LogP contribution in [0.2, 0.25) is 0 Å². The second kappa shape index (κ2) is 6.44. The molecule has 0 saturated carbocycles. The molecule has 1 aliphatic heterocycles. The van der Waals surface area contributed by atoms with Crippen LogP contribution in [0.3, 0.4) is 0 Å². The first-order chi connectivity index (χ1) is 11.1. The summed E-state index contributed by atoms with van der Waals surface area (Å²) in [6.45, 7) is 2.76. The summed E-state index contributed by atoms with van der Waals surface area (Å²) >= 11 is 0. The van der Waals surface area contributed by atoms with Gasteiger partial charge in [-0.15, -0.1) is 0 Å². The number of aryl methyl sites for hydroxylation is 3. The number of methoxy groups -OCH3 is 1. The van der Waals surface area contributed by atoms with Crippen molar-refractivity contribution in [3.8, 4) is 5.88 Å². The van der Waals surface area contributed by atoms with Crippen molar-refractivity contribution < 1.29 is 14.1 Å². The Morgan fingerprint density at radius 1 is 1.52 bits per heavy atom. The van der Waals surface area contributed by atoms with Gasteiger partial charge in [0.25, 0.3) is 5.88 Å². The monoisotopic (exact) mass is 318 g/mol. The molecule has 0 aliphatic carbocycles. The first-order valence-electron chi connectivity index (χ1n) is 7.87. The van der Waals surface area contributed by atoms with E-state index in [1.165, 1.54) is 7.11 Å². The molecule has 1 amide bonds. The Morgan fingerprint density at radius 3 is 3.00 bits per heavy atom. The van der Waals surface area contributed by atoms with Gasteiger partial charge in [0, 0.05) is 38.7 Å². The fourth-order valence-electron chi connectivity index (χ4n) is 3.16. The highest BCUT2D eigenvalue weighted by Crippen LogP contribution is 2.31. The van der Waals surface area contributed by atoms with Crippen LogP contribution in [0.15, 0.2) is 16.8 Å². The van der Waals surface area contributed by atoms with Crippen molar-refractivity contribution in [1.82, 2.24) is 19.6 Å². The van der Waals surface area contributed by atoms with Gasteiger partial charge in [0.2, 0.25) is 5.91 Å². The van der Waals surface area contributed by atoms with E-state index >= 15 is 0 Å². The van der Waals surface area contributed by atoms with Gasteiger partial charge in [0.1, 0.15) is 11.6 Å². The minimum absolute atomic E-state index is 0.0745. The minimum atomic E-state index is 0.0745. The van der Waals surface area contributed by atoms with Crippen LogP contribution in [0.25, 0.3) is 0 Å². The summed E-state index contributed by atoms with van der Waals surface area (Å²) in [7, 11) is 3.52. The molecule has 1 fully saturated rings. The molecular formula is C16H22N4O3. The number of rotatable bonds is 5. The number of hydrogen-bond donors (Lipinski definition) is 0. The zero-order valence-electron chi connectivity index (χ0n) is 13.8. The summed E-state index contributed by atoms with van der Waals surface area (Å²) in [5, 5.41) is 3.75. The molecule has 3 rings (SSSR count). The van der Waals surface area contributed by atoms with E-state index in [1.807, 2.05) is 29.6 Å². The lowest BCUT2D eigenvalue weighted by molar-refractivity contribution is -0.132. The Labute approximate surface area is 135 Å². The predicted octanol–water partition coefficient (Wildman–Crippen LogP) is 2.02. The van der Waals surface area contributed by atoms with Crippen LogP contribution in [0.1, 0.15) is 42.6 Å². The summed E-state index contributed by atoms with van der Waals surface area (Å²) in [4.78, 5) is 19.1. The Hall–Kier alpha value is -2.31. The van der Waals surface area contributed by atoms with Crippen molar-refractivity contribution in [2.75, 3.05) is 13.7 Å². The number of hydrogen-bond acceptors (Lipinski definition) is 5. The van der Waals surface area contributed by atoms with Crippen molar-refractivity contribution in [3.63, 3.8) is 0 Å². The molecule has 0 N–H and O–H groups in total. The Balaban J connectivity index is 1.65. The molecule has 0 radical (unpaired) electrons. The van der Waals surface area contributed by atoms with Crippen LogP contribution in [0.5, 0.6) is 5.88 Å². The van der Waals surface area contributed by atoms with E-state index in [2.05, 4.69) is 10.1 Å². The summed E-state index contributed by atoms with van der Waals surface area (Å²) in [5.41, 5.74) is 0.982. The topological polar surface area (TPSA) is 73.4 Å². The molecule has 1 saturated heterocycles. The van der Waals surface area contributed by atoms with Crippen molar-refractivity contribution in [2.24, 2.45) is 7.05 Å². The Bertz CT molecular complexity index is 691. The molecule has 7 nitrogen and oxygen atoms in total. The van der Waals surface area contributed by atoms with Gasteiger partial charge in [0.05, 0.1) is 18.8 Å². The molecule has 0 unspecified atom stereocenters. The number of nitrogens with zero attached hydrogens (tertiary/aromatic N) is 4. The second-order valence-corrected chi connectivity index (χ2v) is 5.93. The van der Waals surface area contributed by atoms with Crippen LogP contribution < -0.4 is 4.74 Å². The lowest BCUT2D eigenvalue weighted by atomic mass is 10.2. The van der Waals surface area contributed by atoms with Crippen LogP contribution in [-0.2, 0) is 18.3 Å². The zero-order valence-corrected chi connectivity index (χ0v) is 13.8. The van der Waals surface area contributed by atoms with Crippen molar-refractivity contribution >= 4 is 5.91 Å². The molecular weight excluding hydrogens is 296 g/mol. The summed E-state index contributed by atoms with van der Waals surface area (Å²) < 4.78 is 12.1. The van der Waals surface area contributed by atoms with Gasteiger partial charge in [0.15, 0.2) is 0 Å². The highest BCUT2D eigenvalue weighted by Gasteiger charge is 2.32. The first kappa shape index (κ1) is 15.6. The molecule has 0 bridgehead atoms. The van der Waals surface area contributed by atoms with Crippen LogP contribution in [0, 0.1) is 6.92 Å². The van der Waals surface area contributed by atoms with Crippen molar-refractivity contribution in [1.29, 1.82) is 0 Å². The lowest BCUT2D eigenvalue weighted by Crippen LogP contribution is -2.32. The quantitative estimate of drug-likeness (QED) is 0.843. The summed E-state index contributed by atoms with van der Waals surface area (Å²) in [5.74, 6) is 2.20. The number of likely N-dealkylation sites (tertiary alicyclic amines) is 1. The van der Waals surface area contributed by atoms with Crippen LogP contribution in [-0.4, -0.2) is 39.2 Å². The largest absolute Gasteiger partial charge is 0.479 e. The maximum absolute atomic E-state index is 12.6. The molecule has 2 aromatic rings. The van der Waals surface area contributed by atoms with Gasteiger partial charge in [-0.2, -0.15) is 0 Å². The number of amides is 1. The maximum atomic E-state index is 12.6. The normalized spacial score (nSPS) is 17.7. The van der Waals surface area contributed by atoms with Gasteiger partial charge >= 0.3 is 0 Å². The number of imidazole rings is 1. The van der Waals surface area contributed by atoms with E-state index < -0.39 is 0 Å². The van der Waals surface area contributed by atoms with Crippen LogP contribution >= 0.6 is 0 Å².